The SMILES string of the molecule is NCc1c(C(=O)O)nnn1CC(=O)Nc1ccc(Br)cc1. The van der Waals surface area contributed by atoms with E-state index in [2.05, 4.69) is 31.6 Å². The van der Waals surface area contributed by atoms with Gasteiger partial charge in [0.2, 0.25) is 5.91 Å². The van der Waals surface area contributed by atoms with Gasteiger partial charge in [0.15, 0.2) is 5.69 Å². The van der Waals surface area contributed by atoms with Crippen molar-refractivity contribution in [1.29, 1.82) is 0 Å². The highest BCUT2D eigenvalue weighted by molar-refractivity contribution is 9.10. The lowest BCUT2D eigenvalue weighted by atomic mass is 10.3. The van der Waals surface area contributed by atoms with E-state index in [1.807, 2.05) is 0 Å². The van der Waals surface area contributed by atoms with Crippen molar-refractivity contribution in [2.45, 2.75) is 13.1 Å². The van der Waals surface area contributed by atoms with Crippen LogP contribution >= 0.6 is 15.9 Å². The summed E-state index contributed by atoms with van der Waals surface area (Å²) < 4.78 is 2.07. The van der Waals surface area contributed by atoms with Crippen molar-refractivity contribution in [3.8, 4) is 0 Å². The number of nitrogens with zero attached hydrogens (tertiary/aromatic N) is 3. The van der Waals surface area contributed by atoms with Gasteiger partial charge in [0.05, 0.1) is 5.69 Å². The number of benzene rings is 1. The van der Waals surface area contributed by atoms with Crippen LogP contribution in [-0.2, 0) is 17.9 Å². The van der Waals surface area contributed by atoms with E-state index in [0.29, 0.717) is 5.69 Å². The smallest absolute Gasteiger partial charge is 0.358 e. The molecule has 0 saturated carbocycles. The second-order valence-corrected chi connectivity index (χ2v) is 5.02. The van der Waals surface area contributed by atoms with Gasteiger partial charge in [0.25, 0.3) is 0 Å². The monoisotopic (exact) mass is 353 g/mol. The number of carbonyl (C=O) groups excluding carboxylic acids is 1. The normalized spacial score (nSPS) is 10.4. The zero-order valence-corrected chi connectivity index (χ0v) is 12.4. The molecule has 0 bridgehead atoms. The van der Waals surface area contributed by atoms with E-state index < -0.39 is 5.97 Å². The summed E-state index contributed by atoms with van der Waals surface area (Å²) in [6.45, 7) is -0.233. The molecule has 0 aliphatic heterocycles. The fraction of sp³-hybridized carbons (Fsp3) is 0.167. The van der Waals surface area contributed by atoms with E-state index in [-0.39, 0.29) is 30.4 Å². The summed E-state index contributed by atoms with van der Waals surface area (Å²) in [5.74, 6) is -1.58. The summed E-state index contributed by atoms with van der Waals surface area (Å²) in [6, 6.07) is 7.05. The largest absolute Gasteiger partial charge is 0.476 e. The maximum absolute atomic E-state index is 11.9. The molecule has 0 aliphatic rings. The molecule has 4 N–H and O–H groups in total. The molecule has 8 nitrogen and oxygen atoms in total. The molecular formula is C12H12BrN5O3. The molecule has 2 rings (SSSR count). The number of hydrogen-bond acceptors (Lipinski definition) is 5. The lowest BCUT2D eigenvalue weighted by molar-refractivity contribution is -0.117. The number of anilines is 1. The number of nitrogens with two attached hydrogens (primary N) is 1. The van der Waals surface area contributed by atoms with Crippen LogP contribution in [-0.4, -0.2) is 32.0 Å². The van der Waals surface area contributed by atoms with Crippen LogP contribution in [0.4, 0.5) is 5.69 Å². The number of aromatic carboxylic acids is 1. The molecule has 110 valence electrons. The zero-order valence-electron chi connectivity index (χ0n) is 10.8. The number of aromatic nitrogens is 3. The van der Waals surface area contributed by atoms with Crippen molar-refractivity contribution in [3.05, 3.63) is 40.1 Å². The number of rotatable bonds is 5. The van der Waals surface area contributed by atoms with Crippen molar-refractivity contribution in [2.75, 3.05) is 5.32 Å². The van der Waals surface area contributed by atoms with Crippen LogP contribution in [0.15, 0.2) is 28.7 Å². The second kappa shape index (κ2) is 6.46. The Bertz CT molecular complexity index is 668. The van der Waals surface area contributed by atoms with Crippen molar-refractivity contribution in [2.24, 2.45) is 5.73 Å². The first kappa shape index (κ1) is 15.1. The molecule has 1 amide bonds. The summed E-state index contributed by atoms with van der Waals surface area (Å²) in [5.41, 5.74) is 6.06. The molecule has 0 aliphatic carbocycles. The van der Waals surface area contributed by atoms with Crippen LogP contribution in [0.1, 0.15) is 16.2 Å². The molecule has 1 aromatic carbocycles. The number of amides is 1. The van der Waals surface area contributed by atoms with Gasteiger partial charge >= 0.3 is 5.97 Å². The molecule has 1 heterocycles. The van der Waals surface area contributed by atoms with Gasteiger partial charge in [-0.15, -0.1) is 5.10 Å². The lowest BCUT2D eigenvalue weighted by Gasteiger charge is -2.07. The van der Waals surface area contributed by atoms with Crippen LogP contribution in [0.25, 0.3) is 0 Å². The zero-order chi connectivity index (χ0) is 15.4. The summed E-state index contributed by atoms with van der Waals surface area (Å²) in [5, 5.41) is 18.7. The molecule has 0 fully saturated rings. The molecular weight excluding hydrogens is 342 g/mol. The van der Waals surface area contributed by atoms with Crippen LogP contribution in [0.3, 0.4) is 0 Å². The number of nitrogens with one attached hydrogen (secondary N) is 1. The van der Waals surface area contributed by atoms with Crippen LogP contribution in [0, 0.1) is 0 Å². The fourth-order valence-electron chi connectivity index (χ4n) is 1.70. The molecule has 0 atom stereocenters. The first-order valence-corrected chi connectivity index (χ1v) is 6.71. The van der Waals surface area contributed by atoms with Crippen molar-refractivity contribution in [1.82, 2.24) is 15.0 Å². The Morgan fingerprint density at radius 3 is 2.57 bits per heavy atom. The number of halogens is 1. The van der Waals surface area contributed by atoms with Crippen LogP contribution < -0.4 is 11.1 Å². The van der Waals surface area contributed by atoms with Gasteiger partial charge in [-0.2, -0.15) is 0 Å². The molecule has 1 aromatic heterocycles. The van der Waals surface area contributed by atoms with E-state index in [9.17, 15) is 9.59 Å². The molecule has 0 radical (unpaired) electrons. The van der Waals surface area contributed by atoms with Crippen molar-refractivity contribution < 1.29 is 14.7 Å². The summed E-state index contributed by atoms with van der Waals surface area (Å²) >= 11 is 3.30. The Labute approximate surface area is 128 Å². The fourth-order valence-corrected chi connectivity index (χ4v) is 1.96. The highest BCUT2D eigenvalue weighted by Crippen LogP contribution is 2.14. The summed E-state index contributed by atoms with van der Waals surface area (Å²) in [7, 11) is 0. The minimum absolute atomic E-state index is 0.0692. The molecule has 0 spiro atoms. The highest BCUT2D eigenvalue weighted by Gasteiger charge is 2.19. The molecule has 21 heavy (non-hydrogen) atoms. The van der Waals surface area contributed by atoms with E-state index >= 15 is 0 Å². The number of carbonyl (C=O) groups is 2. The number of carboxylic acid groups (broad SMARTS) is 1. The predicted molar refractivity (Wildman–Crippen MR) is 77.6 cm³/mol. The Morgan fingerprint density at radius 1 is 1.33 bits per heavy atom. The van der Waals surface area contributed by atoms with E-state index in [1.165, 1.54) is 4.68 Å². The standard InChI is InChI=1S/C12H12BrN5O3/c13-7-1-3-8(4-2-7)15-10(19)6-18-9(5-14)11(12(20)21)16-17-18/h1-4H,5-6,14H2,(H,15,19)(H,20,21). The van der Waals surface area contributed by atoms with E-state index in [0.717, 1.165) is 4.47 Å². The first-order chi connectivity index (χ1) is 10.0. The van der Waals surface area contributed by atoms with Gasteiger partial charge in [-0.3, -0.25) is 4.79 Å². The Morgan fingerprint density at radius 2 is 2.00 bits per heavy atom. The van der Waals surface area contributed by atoms with Gasteiger partial charge in [0, 0.05) is 16.7 Å². The third kappa shape index (κ3) is 3.64. The molecule has 2 aromatic rings. The second-order valence-electron chi connectivity index (χ2n) is 4.11. The third-order valence-electron chi connectivity index (χ3n) is 2.65. The maximum Gasteiger partial charge on any atom is 0.358 e. The summed E-state index contributed by atoms with van der Waals surface area (Å²) in [4.78, 5) is 22.8. The highest BCUT2D eigenvalue weighted by atomic mass is 79.9. The van der Waals surface area contributed by atoms with Crippen molar-refractivity contribution in [3.63, 3.8) is 0 Å². The number of carboxylic acids is 1. The van der Waals surface area contributed by atoms with Gasteiger partial charge < -0.3 is 16.2 Å². The average Bonchev–Trinajstić information content (AvgIpc) is 2.84. The van der Waals surface area contributed by atoms with Gasteiger partial charge in [-0.05, 0) is 24.3 Å². The Hall–Kier alpha value is -2.26. The minimum atomic E-state index is -1.23. The van der Waals surface area contributed by atoms with Crippen LogP contribution in [0.2, 0.25) is 0 Å². The summed E-state index contributed by atoms with van der Waals surface area (Å²) in [6.07, 6.45) is 0. The molecule has 0 saturated heterocycles. The topological polar surface area (TPSA) is 123 Å². The molecule has 9 heteroatoms. The Kier molecular flexibility index (Phi) is 4.66. The van der Waals surface area contributed by atoms with Gasteiger partial charge in [-0.25, -0.2) is 9.48 Å². The minimum Gasteiger partial charge on any atom is -0.476 e. The first-order valence-electron chi connectivity index (χ1n) is 5.92. The third-order valence-corrected chi connectivity index (χ3v) is 3.18. The maximum atomic E-state index is 11.9. The van der Waals surface area contributed by atoms with E-state index in [1.54, 1.807) is 24.3 Å². The quantitative estimate of drug-likeness (QED) is 0.731. The molecule has 0 unspecified atom stereocenters. The van der Waals surface area contributed by atoms with Gasteiger partial charge in [-0.1, -0.05) is 21.1 Å². The Balaban J connectivity index is 2.09. The van der Waals surface area contributed by atoms with Crippen molar-refractivity contribution >= 4 is 33.5 Å². The van der Waals surface area contributed by atoms with Crippen LogP contribution in [0.5, 0.6) is 0 Å². The average molecular weight is 354 g/mol. The van der Waals surface area contributed by atoms with Gasteiger partial charge in [0.1, 0.15) is 6.54 Å². The predicted octanol–water partition coefficient (Wildman–Crippen LogP) is 0.836. The number of hydrogen-bond donors (Lipinski definition) is 3. The van der Waals surface area contributed by atoms with E-state index in [4.69, 9.17) is 10.8 Å². The lowest BCUT2D eigenvalue weighted by Crippen LogP contribution is -2.22.